The molecule has 6 heteroatoms. The summed E-state index contributed by atoms with van der Waals surface area (Å²) >= 11 is 0. The zero-order valence-electron chi connectivity index (χ0n) is 9.34. The third kappa shape index (κ3) is 1.66. The molecule has 1 aromatic rings. The van der Waals surface area contributed by atoms with E-state index in [2.05, 4.69) is 4.98 Å². The Labute approximate surface area is 95.1 Å². The summed E-state index contributed by atoms with van der Waals surface area (Å²) < 4.78 is 25.3. The van der Waals surface area contributed by atoms with E-state index in [0.717, 1.165) is 0 Å². The topological polar surface area (TPSA) is 73.4 Å². The smallest absolute Gasteiger partial charge is 0.244 e. The van der Waals surface area contributed by atoms with Crippen molar-refractivity contribution in [3.8, 4) is 0 Å². The molecule has 1 aliphatic heterocycles. The molecular weight excluding hydrogens is 228 g/mol. The first-order valence-corrected chi connectivity index (χ1v) is 6.65. The second kappa shape index (κ2) is 3.58. The highest BCUT2D eigenvalue weighted by Crippen LogP contribution is 2.32. The highest BCUT2D eigenvalue weighted by atomic mass is 32.2. The van der Waals surface area contributed by atoms with Crippen molar-refractivity contribution in [1.82, 2.24) is 9.29 Å². The van der Waals surface area contributed by atoms with E-state index in [-0.39, 0.29) is 23.9 Å². The molecule has 2 N–H and O–H groups in total. The normalized spacial score (nSPS) is 21.0. The second-order valence-electron chi connectivity index (χ2n) is 4.58. The lowest BCUT2D eigenvalue weighted by atomic mass is 9.85. The SMILES string of the molecule is CC(C)C1(O)CN(S(=O)(=O)c2cc[nH]c2)C1. The monoisotopic (exact) mass is 244 g/mol. The van der Waals surface area contributed by atoms with Gasteiger partial charge in [0, 0.05) is 25.5 Å². The fraction of sp³-hybridized carbons (Fsp3) is 0.600. The lowest BCUT2D eigenvalue weighted by Crippen LogP contribution is -2.65. The van der Waals surface area contributed by atoms with Crippen LogP contribution in [0.1, 0.15) is 13.8 Å². The van der Waals surface area contributed by atoms with Crippen LogP contribution >= 0.6 is 0 Å². The van der Waals surface area contributed by atoms with Gasteiger partial charge in [0.1, 0.15) is 0 Å². The van der Waals surface area contributed by atoms with Crippen LogP contribution in [0.4, 0.5) is 0 Å². The van der Waals surface area contributed by atoms with Crippen LogP contribution in [0.3, 0.4) is 0 Å². The minimum absolute atomic E-state index is 0.0603. The molecular formula is C10H16N2O3S. The second-order valence-corrected chi connectivity index (χ2v) is 6.52. The van der Waals surface area contributed by atoms with Crippen LogP contribution in [-0.4, -0.2) is 41.5 Å². The van der Waals surface area contributed by atoms with Gasteiger partial charge in [0.15, 0.2) is 0 Å². The summed E-state index contributed by atoms with van der Waals surface area (Å²) in [7, 11) is -3.42. The van der Waals surface area contributed by atoms with Crippen molar-refractivity contribution in [3.05, 3.63) is 18.5 Å². The minimum atomic E-state index is -3.42. The van der Waals surface area contributed by atoms with E-state index < -0.39 is 15.6 Å². The molecule has 1 fully saturated rings. The summed E-state index contributed by atoms with van der Waals surface area (Å²) in [5.41, 5.74) is -0.872. The number of aliphatic hydroxyl groups is 1. The van der Waals surface area contributed by atoms with Gasteiger partial charge in [-0.2, -0.15) is 4.31 Å². The zero-order valence-corrected chi connectivity index (χ0v) is 10.2. The van der Waals surface area contributed by atoms with Crippen molar-refractivity contribution in [2.24, 2.45) is 5.92 Å². The van der Waals surface area contributed by atoms with E-state index >= 15 is 0 Å². The first kappa shape index (κ1) is 11.6. The quantitative estimate of drug-likeness (QED) is 0.808. The molecule has 0 radical (unpaired) electrons. The van der Waals surface area contributed by atoms with Crippen molar-refractivity contribution in [2.45, 2.75) is 24.3 Å². The maximum absolute atomic E-state index is 12.0. The van der Waals surface area contributed by atoms with Gasteiger partial charge >= 0.3 is 0 Å². The molecule has 0 saturated carbocycles. The van der Waals surface area contributed by atoms with Crippen molar-refractivity contribution < 1.29 is 13.5 Å². The predicted octanol–water partition coefficient (Wildman–Crippen LogP) is 0.406. The molecule has 0 unspecified atom stereocenters. The van der Waals surface area contributed by atoms with Gasteiger partial charge in [-0.25, -0.2) is 8.42 Å². The first-order chi connectivity index (χ1) is 7.36. The van der Waals surface area contributed by atoms with E-state index in [9.17, 15) is 13.5 Å². The van der Waals surface area contributed by atoms with Gasteiger partial charge in [0.25, 0.3) is 0 Å². The van der Waals surface area contributed by atoms with Crippen molar-refractivity contribution in [1.29, 1.82) is 0 Å². The van der Waals surface area contributed by atoms with Crippen LogP contribution in [0.2, 0.25) is 0 Å². The number of aromatic amines is 1. The number of sulfonamides is 1. The van der Waals surface area contributed by atoms with E-state index in [0.29, 0.717) is 0 Å². The van der Waals surface area contributed by atoms with Crippen molar-refractivity contribution in [3.63, 3.8) is 0 Å². The zero-order chi connectivity index (χ0) is 12.0. The van der Waals surface area contributed by atoms with Crippen LogP contribution < -0.4 is 0 Å². The molecule has 0 bridgehead atoms. The highest BCUT2D eigenvalue weighted by molar-refractivity contribution is 7.89. The fourth-order valence-electron chi connectivity index (χ4n) is 1.72. The highest BCUT2D eigenvalue weighted by Gasteiger charge is 2.49. The van der Waals surface area contributed by atoms with Gasteiger partial charge in [-0.3, -0.25) is 0 Å². The largest absolute Gasteiger partial charge is 0.387 e. The number of hydrogen-bond acceptors (Lipinski definition) is 3. The summed E-state index contributed by atoms with van der Waals surface area (Å²) in [6.45, 7) is 4.14. The van der Waals surface area contributed by atoms with Crippen LogP contribution in [0.5, 0.6) is 0 Å². The number of rotatable bonds is 3. The third-order valence-corrected chi connectivity index (χ3v) is 4.97. The van der Waals surface area contributed by atoms with Gasteiger partial charge < -0.3 is 10.1 Å². The van der Waals surface area contributed by atoms with Crippen LogP contribution in [0, 0.1) is 5.92 Å². The van der Waals surface area contributed by atoms with Gasteiger partial charge in [0.2, 0.25) is 10.0 Å². The van der Waals surface area contributed by atoms with Crippen molar-refractivity contribution in [2.75, 3.05) is 13.1 Å². The molecule has 0 aromatic carbocycles. The number of aromatic nitrogens is 1. The Morgan fingerprint density at radius 3 is 2.56 bits per heavy atom. The van der Waals surface area contributed by atoms with Gasteiger partial charge in [0.05, 0.1) is 10.5 Å². The number of nitrogens with one attached hydrogen (secondary N) is 1. The van der Waals surface area contributed by atoms with E-state index in [1.807, 2.05) is 13.8 Å². The van der Waals surface area contributed by atoms with E-state index in [4.69, 9.17) is 0 Å². The number of β-amino-alcohol motifs (C(OH)–C–C–N with tert-alkyl or cyclic N) is 1. The summed E-state index contributed by atoms with van der Waals surface area (Å²) in [4.78, 5) is 2.96. The Bertz CT molecular complexity index is 458. The molecule has 0 amide bonds. The lowest BCUT2D eigenvalue weighted by Gasteiger charge is -2.47. The maximum Gasteiger partial charge on any atom is 0.244 e. The molecule has 90 valence electrons. The van der Waals surface area contributed by atoms with Gasteiger partial charge in [-0.05, 0) is 12.0 Å². The lowest BCUT2D eigenvalue weighted by molar-refractivity contribution is -0.0932. The Balaban J connectivity index is 2.14. The van der Waals surface area contributed by atoms with Gasteiger partial charge in [-0.1, -0.05) is 13.8 Å². The minimum Gasteiger partial charge on any atom is -0.387 e. The van der Waals surface area contributed by atoms with Gasteiger partial charge in [-0.15, -0.1) is 0 Å². The molecule has 2 heterocycles. The summed E-state index contributed by atoms with van der Waals surface area (Å²) in [5, 5.41) is 10.0. The van der Waals surface area contributed by atoms with E-state index in [1.54, 1.807) is 6.20 Å². The summed E-state index contributed by atoms with van der Waals surface area (Å²) in [6.07, 6.45) is 3.02. The first-order valence-electron chi connectivity index (χ1n) is 5.21. The Morgan fingerprint density at radius 1 is 1.50 bits per heavy atom. The average molecular weight is 244 g/mol. The molecule has 1 saturated heterocycles. The molecule has 0 atom stereocenters. The van der Waals surface area contributed by atoms with Crippen LogP contribution in [0.25, 0.3) is 0 Å². The van der Waals surface area contributed by atoms with Crippen LogP contribution in [0.15, 0.2) is 23.4 Å². The Morgan fingerprint density at radius 2 is 2.12 bits per heavy atom. The molecule has 2 rings (SSSR count). The maximum atomic E-state index is 12.0. The molecule has 1 aliphatic rings. The summed E-state index contributed by atoms with van der Waals surface area (Å²) in [5.74, 6) is 0.0603. The predicted molar refractivity (Wildman–Crippen MR) is 59.3 cm³/mol. The molecule has 0 spiro atoms. The Kier molecular flexibility index (Phi) is 2.60. The van der Waals surface area contributed by atoms with E-state index in [1.165, 1.54) is 16.6 Å². The summed E-state index contributed by atoms with van der Waals surface area (Å²) in [6, 6.07) is 1.52. The number of nitrogens with zero attached hydrogens (tertiary/aromatic N) is 1. The molecule has 5 nitrogen and oxygen atoms in total. The van der Waals surface area contributed by atoms with Crippen LogP contribution in [-0.2, 0) is 10.0 Å². The molecule has 16 heavy (non-hydrogen) atoms. The number of H-pyrrole nitrogens is 1. The third-order valence-electron chi connectivity index (χ3n) is 3.18. The van der Waals surface area contributed by atoms with Crippen molar-refractivity contribution >= 4 is 10.0 Å². The average Bonchev–Trinajstić information content (AvgIpc) is 2.65. The molecule has 1 aromatic heterocycles. The Hall–Kier alpha value is -0.850. The fourth-order valence-corrected chi connectivity index (χ4v) is 3.26. The standard InChI is InChI=1S/C10H16N2O3S/c1-8(2)10(13)6-12(7-10)16(14,15)9-3-4-11-5-9/h3-5,8,11,13H,6-7H2,1-2H3. The number of hydrogen-bond donors (Lipinski definition) is 2. The molecule has 0 aliphatic carbocycles.